The highest BCUT2D eigenvalue weighted by Gasteiger charge is 2.14. The maximum atomic E-state index is 12.9. The lowest BCUT2D eigenvalue weighted by Gasteiger charge is -2.00. The standard InChI is InChI=1S/C8H5F3N2/c9-5-2-7-6(12-3-13-7)1-4(5)8(10)11/h1-3,8H,(H,12,13). The number of aromatic amines is 1. The van der Waals surface area contributed by atoms with Crippen LogP contribution in [-0.2, 0) is 0 Å². The van der Waals surface area contributed by atoms with Gasteiger partial charge in [0.15, 0.2) is 0 Å². The summed E-state index contributed by atoms with van der Waals surface area (Å²) in [7, 11) is 0. The molecule has 0 aliphatic heterocycles. The van der Waals surface area contributed by atoms with E-state index in [-0.39, 0.29) is 0 Å². The molecule has 0 atom stereocenters. The fraction of sp³-hybridized carbons (Fsp3) is 0.125. The maximum Gasteiger partial charge on any atom is 0.266 e. The average molecular weight is 186 g/mol. The Morgan fingerprint density at radius 2 is 2.08 bits per heavy atom. The van der Waals surface area contributed by atoms with E-state index in [0.29, 0.717) is 11.0 Å². The first-order chi connectivity index (χ1) is 6.18. The van der Waals surface area contributed by atoms with E-state index < -0.39 is 17.8 Å². The summed E-state index contributed by atoms with van der Waals surface area (Å²) in [5.74, 6) is -0.922. The monoisotopic (exact) mass is 186 g/mol. The van der Waals surface area contributed by atoms with Crippen LogP contribution >= 0.6 is 0 Å². The average Bonchev–Trinajstić information content (AvgIpc) is 2.48. The quantitative estimate of drug-likeness (QED) is 0.728. The van der Waals surface area contributed by atoms with Crippen LogP contribution in [0.5, 0.6) is 0 Å². The number of nitrogens with one attached hydrogen (secondary N) is 1. The van der Waals surface area contributed by atoms with Crippen LogP contribution in [0.4, 0.5) is 13.2 Å². The molecule has 0 radical (unpaired) electrons. The molecule has 13 heavy (non-hydrogen) atoms. The Hall–Kier alpha value is -1.52. The van der Waals surface area contributed by atoms with Crippen LogP contribution in [0.1, 0.15) is 12.0 Å². The van der Waals surface area contributed by atoms with Gasteiger partial charge < -0.3 is 4.98 Å². The summed E-state index contributed by atoms with van der Waals surface area (Å²) in [5.41, 5.74) is 0.162. The van der Waals surface area contributed by atoms with Crippen molar-refractivity contribution in [2.75, 3.05) is 0 Å². The van der Waals surface area contributed by atoms with Crippen molar-refractivity contribution in [3.05, 3.63) is 29.8 Å². The molecule has 1 N–H and O–H groups in total. The molecular weight excluding hydrogens is 181 g/mol. The van der Waals surface area contributed by atoms with Gasteiger partial charge in [-0.2, -0.15) is 0 Å². The number of hydrogen-bond donors (Lipinski definition) is 1. The van der Waals surface area contributed by atoms with Crippen LogP contribution in [0.3, 0.4) is 0 Å². The van der Waals surface area contributed by atoms with Gasteiger partial charge in [-0.1, -0.05) is 0 Å². The van der Waals surface area contributed by atoms with Crippen molar-refractivity contribution >= 4 is 11.0 Å². The van der Waals surface area contributed by atoms with E-state index >= 15 is 0 Å². The number of imidazole rings is 1. The number of H-pyrrole nitrogens is 1. The molecule has 0 fully saturated rings. The lowest BCUT2D eigenvalue weighted by atomic mass is 10.2. The number of benzene rings is 1. The summed E-state index contributed by atoms with van der Waals surface area (Å²) in [4.78, 5) is 6.37. The van der Waals surface area contributed by atoms with Crippen molar-refractivity contribution in [3.8, 4) is 0 Å². The van der Waals surface area contributed by atoms with Crippen molar-refractivity contribution < 1.29 is 13.2 Å². The van der Waals surface area contributed by atoms with Crippen molar-refractivity contribution in [1.82, 2.24) is 9.97 Å². The molecule has 5 heteroatoms. The van der Waals surface area contributed by atoms with Gasteiger partial charge in [-0.3, -0.25) is 0 Å². The number of hydrogen-bond acceptors (Lipinski definition) is 1. The highest BCUT2D eigenvalue weighted by molar-refractivity contribution is 5.75. The van der Waals surface area contributed by atoms with Crippen LogP contribution in [-0.4, -0.2) is 9.97 Å². The lowest BCUT2D eigenvalue weighted by molar-refractivity contribution is 0.146. The second-order valence-electron chi connectivity index (χ2n) is 2.59. The molecule has 0 unspecified atom stereocenters. The summed E-state index contributed by atoms with van der Waals surface area (Å²) >= 11 is 0. The number of nitrogens with zero attached hydrogens (tertiary/aromatic N) is 1. The van der Waals surface area contributed by atoms with Crippen molar-refractivity contribution in [2.45, 2.75) is 6.43 Å². The minimum atomic E-state index is -2.80. The number of fused-ring (bicyclic) bond motifs is 1. The molecule has 2 rings (SSSR count). The molecule has 2 aromatic rings. The Labute approximate surface area is 71.4 Å². The minimum Gasteiger partial charge on any atom is -0.345 e. The first-order valence-electron chi connectivity index (χ1n) is 3.59. The predicted octanol–water partition coefficient (Wildman–Crippen LogP) is 2.64. The van der Waals surface area contributed by atoms with Gasteiger partial charge in [-0.25, -0.2) is 18.2 Å². The number of alkyl halides is 2. The van der Waals surface area contributed by atoms with E-state index in [1.165, 1.54) is 6.33 Å². The highest BCUT2D eigenvalue weighted by Crippen LogP contribution is 2.25. The fourth-order valence-corrected chi connectivity index (χ4v) is 1.14. The van der Waals surface area contributed by atoms with Gasteiger partial charge in [0.25, 0.3) is 6.43 Å². The second-order valence-corrected chi connectivity index (χ2v) is 2.59. The van der Waals surface area contributed by atoms with E-state index in [0.717, 1.165) is 12.1 Å². The van der Waals surface area contributed by atoms with Crippen LogP contribution in [0.2, 0.25) is 0 Å². The second kappa shape index (κ2) is 2.76. The van der Waals surface area contributed by atoms with Gasteiger partial charge in [0.2, 0.25) is 0 Å². The first-order valence-corrected chi connectivity index (χ1v) is 3.59. The number of rotatable bonds is 1. The van der Waals surface area contributed by atoms with Gasteiger partial charge in [0.05, 0.1) is 22.9 Å². The Morgan fingerprint density at radius 1 is 1.31 bits per heavy atom. The summed E-state index contributed by atoms with van der Waals surface area (Å²) in [6, 6.07) is 2.07. The zero-order chi connectivity index (χ0) is 9.42. The zero-order valence-corrected chi connectivity index (χ0v) is 6.39. The summed E-state index contributed by atoms with van der Waals surface area (Å²) in [5, 5.41) is 0. The molecule has 0 saturated heterocycles. The summed E-state index contributed by atoms with van der Waals surface area (Å²) in [6.07, 6.45) is -1.47. The summed E-state index contributed by atoms with van der Waals surface area (Å²) < 4.78 is 37.3. The Morgan fingerprint density at radius 3 is 2.77 bits per heavy atom. The Balaban J connectivity index is 2.69. The molecule has 1 heterocycles. The largest absolute Gasteiger partial charge is 0.345 e. The van der Waals surface area contributed by atoms with Gasteiger partial charge in [0.1, 0.15) is 5.82 Å². The van der Waals surface area contributed by atoms with Gasteiger partial charge >= 0.3 is 0 Å². The smallest absolute Gasteiger partial charge is 0.266 e. The molecule has 0 saturated carbocycles. The molecule has 0 spiro atoms. The molecular formula is C8H5F3N2. The molecule has 2 nitrogen and oxygen atoms in total. The zero-order valence-electron chi connectivity index (χ0n) is 6.39. The number of aromatic nitrogens is 2. The van der Waals surface area contributed by atoms with Gasteiger partial charge in [-0.15, -0.1) is 0 Å². The van der Waals surface area contributed by atoms with Crippen molar-refractivity contribution in [3.63, 3.8) is 0 Å². The highest BCUT2D eigenvalue weighted by atomic mass is 19.3. The van der Waals surface area contributed by atoms with Crippen LogP contribution in [0, 0.1) is 5.82 Å². The molecule has 0 aliphatic rings. The molecule has 68 valence electrons. The topological polar surface area (TPSA) is 28.7 Å². The third-order valence-corrected chi connectivity index (χ3v) is 1.77. The van der Waals surface area contributed by atoms with Gasteiger partial charge in [-0.05, 0) is 6.07 Å². The van der Waals surface area contributed by atoms with Crippen molar-refractivity contribution in [1.29, 1.82) is 0 Å². The van der Waals surface area contributed by atoms with E-state index in [9.17, 15) is 13.2 Å². The molecule has 1 aromatic carbocycles. The molecule has 1 aromatic heterocycles. The van der Waals surface area contributed by atoms with E-state index in [1.54, 1.807) is 0 Å². The van der Waals surface area contributed by atoms with Crippen LogP contribution < -0.4 is 0 Å². The van der Waals surface area contributed by atoms with Crippen LogP contribution in [0.25, 0.3) is 11.0 Å². The predicted molar refractivity (Wildman–Crippen MR) is 41.0 cm³/mol. The SMILES string of the molecule is Fc1cc2nc[nH]c2cc1C(F)F. The van der Waals surface area contributed by atoms with E-state index in [1.807, 2.05) is 0 Å². The Bertz CT molecular complexity index is 436. The van der Waals surface area contributed by atoms with E-state index in [4.69, 9.17) is 0 Å². The fourth-order valence-electron chi connectivity index (χ4n) is 1.14. The molecule has 0 aliphatic carbocycles. The lowest BCUT2D eigenvalue weighted by Crippen LogP contribution is -1.90. The summed E-state index contributed by atoms with van der Waals surface area (Å²) in [6.45, 7) is 0. The molecule has 0 amide bonds. The Kier molecular flexibility index (Phi) is 1.72. The van der Waals surface area contributed by atoms with Crippen LogP contribution in [0.15, 0.2) is 18.5 Å². The van der Waals surface area contributed by atoms with Crippen molar-refractivity contribution in [2.24, 2.45) is 0 Å². The normalized spacial score (nSPS) is 11.4. The third kappa shape index (κ3) is 1.26. The maximum absolute atomic E-state index is 12.9. The van der Waals surface area contributed by atoms with E-state index in [2.05, 4.69) is 9.97 Å². The van der Waals surface area contributed by atoms with Gasteiger partial charge in [0, 0.05) is 6.07 Å². The minimum absolute atomic E-state index is 0.349. The molecule has 0 bridgehead atoms. The first kappa shape index (κ1) is 8.10. The number of halogens is 3. The third-order valence-electron chi connectivity index (χ3n) is 1.77.